The molecule has 0 aliphatic heterocycles. The second-order valence-corrected chi connectivity index (χ2v) is 8.39. The van der Waals surface area contributed by atoms with Gasteiger partial charge in [-0.3, -0.25) is 4.79 Å². The van der Waals surface area contributed by atoms with Gasteiger partial charge in [0.25, 0.3) is 5.91 Å². The standard InChI is InChI=1S/C26H34FN3O4/c1-4-33-23-7-6-21(27)16-24(23)34-11-8-29-17(2)12-19-14-20-13-18(3)30(9-5-10-31)25(20)22(15-19)26(28)32/h6-7,13-17,29,31H,4-5,8-12H2,1-3H3,(H2,28,32). The maximum Gasteiger partial charge on any atom is 0.250 e. The van der Waals surface area contributed by atoms with E-state index in [0.717, 1.165) is 22.2 Å². The van der Waals surface area contributed by atoms with Gasteiger partial charge in [0.15, 0.2) is 11.5 Å². The lowest BCUT2D eigenvalue weighted by atomic mass is 10.0. The molecule has 0 spiro atoms. The molecular weight excluding hydrogens is 437 g/mol. The number of benzene rings is 2. The third-order valence-electron chi connectivity index (χ3n) is 5.66. The highest BCUT2D eigenvalue weighted by molar-refractivity contribution is 6.05. The van der Waals surface area contributed by atoms with Crippen LogP contribution in [-0.4, -0.2) is 48.0 Å². The lowest BCUT2D eigenvalue weighted by molar-refractivity contribution is 0.100. The Bertz CT molecular complexity index is 1130. The Labute approximate surface area is 199 Å². The highest BCUT2D eigenvalue weighted by Gasteiger charge is 2.16. The molecule has 3 rings (SSSR count). The summed E-state index contributed by atoms with van der Waals surface area (Å²) in [6.45, 7) is 8.00. The molecule has 184 valence electrons. The number of hydrogen-bond acceptors (Lipinski definition) is 5. The number of primary amides is 1. The van der Waals surface area contributed by atoms with Crippen molar-refractivity contribution in [3.63, 3.8) is 0 Å². The molecule has 0 fully saturated rings. The first kappa shape index (κ1) is 25.5. The molecular formula is C26H34FN3O4. The molecule has 1 atom stereocenters. The number of aliphatic hydroxyl groups excluding tert-OH is 1. The molecule has 3 aromatic rings. The van der Waals surface area contributed by atoms with Crippen LogP contribution in [0, 0.1) is 12.7 Å². The Morgan fingerprint density at radius 2 is 2.00 bits per heavy atom. The highest BCUT2D eigenvalue weighted by Crippen LogP contribution is 2.28. The Hall–Kier alpha value is -3.10. The summed E-state index contributed by atoms with van der Waals surface area (Å²) in [5, 5.41) is 13.6. The third-order valence-corrected chi connectivity index (χ3v) is 5.66. The molecule has 1 amide bonds. The summed E-state index contributed by atoms with van der Waals surface area (Å²) < 4.78 is 26.8. The van der Waals surface area contributed by atoms with Crippen molar-refractivity contribution >= 4 is 16.8 Å². The first-order valence-electron chi connectivity index (χ1n) is 11.7. The fourth-order valence-electron chi connectivity index (χ4n) is 4.19. The molecule has 4 N–H and O–H groups in total. The number of nitrogens with zero attached hydrogens (tertiary/aromatic N) is 1. The van der Waals surface area contributed by atoms with Crippen molar-refractivity contribution < 1.29 is 23.8 Å². The predicted molar refractivity (Wildman–Crippen MR) is 131 cm³/mol. The van der Waals surface area contributed by atoms with Crippen molar-refractivity contribution in [3.05, 3.63) is 59.0 Å². The molecule has 0 saturated carbocycles. The van der Waals surface area contributed by atoms with Gasteiger partial charge in [-0.2, -0.15) is 0 Å². The van der Waals surface area contributed by atoms with Gasteiger partial charge in [0, 0.05) is 42.9 Å². The lowest BCUT2D eigenvalue weighted by Crippen LogP contribution is -2.32. The minimum absolute atomic E-state index is 0.0855. The fraction of sp³-hybridized carbons (Fsp3) is 0.423. The van der Waals surface area contributed by atoms with Crippen LogP contribution in [0.15, 0.2) is 36.4 Å². The number of rotatable bonds is 13. The van der Waals surface area contributed by atoms with Crippen LogP contribution in [0.25, 0.3) is 10.9 Å². The van der Waals surface area contributed by atoms with Crippen LogP contribution in [-0.2, 0) is 13.0 Å². The number of fused-ring (bicyclic) bond motifs is 1. The summed E-state index contributed by atoms with van der Waals surface area (Å²) in [7, 11) is 0. The molecule has 0 saturated heterocycles. The second kappa shape index (κ2) is 11.9. The van der Waals surface area contributed by atoms with Crippen molar-refractivity contribution in [3.8, 4) is 11.5 Å². The van der Waals surface area contributed by atoms with E-state index < -0.39 is 5.91 Å². The Morgan fingerprint density at radius 3 is 2.71 bits per heavy atom. The van der Waals surface area contributed by atoms with Crippen LogP contribution in [0.5, 0.6) is 11.5 Å². The topological polar surface area (TPSA) is 98.7 Å². The molecule has 0 aliphatic rings. The van der Waals surface area contributed by atoms with Gasteiger partial charge in [0.2, 0.25) is 0 Å². The number of aliphatic hydroxyl groups is 1. The Balaban J connectivity index is 1.64. The molecule has 2 aromatic carbocycles. The number of nitrogens with two attached hydrogens (primary N) is 1. The zero-order chi connectivity index (χ0) is 24.7. The number of aryl methyl sites for hydroxylation is 2. The summed E-state index contributed by atoms with van der Waals surface area (Å²) in [5.41, 5.74) is 9.05. The Kier molecular flexibility index (Phi) is 8.90. The van der Waals surface area contributed by atoms with Crippen LogP contribution in [0.3, 0.4) is 0 Å². The maximum absolute atomic E-state index is 13.6. The first-order valence-corrected chi connectivity index (χ1v) is 11.7. The molecule has 0 bridgehead atoms. The SMILES string of the molecule is CCOc1ccc(F)cc1OCCNC(C)Cc1cc(C(N)=O)c2c(c1)cc(C)n2CCCO. The monoisotopic (exact) mass is 471 g/mol. The fourth-order valence-corrected chi connectivity index (χ4v) is 4.19. The van der Waals surface area contributed by atoms with Gasteiger partial charge in [-0.15, -0.1) is 0 Å². The van der Waals surface area contributed by atoms with Crippen LogP contribution in [0.1, 0.15) is 41.9 Å². The molecule has 0 radical (unpaired) electrons. The van der Waals surface area contributed by atoms with E-state index in [-0.39, 0.29) is 18.5 Å². The van der Waals surface area contributed by atoms with Crippen molar-refractivity contribution in [1.29, 1.82) is 0 Å². The van der Waals surface area contributed by atoms with Gasteiger partial charge in [0.05, 0.1) is 17.7 Å². The summed E-state index contributed by atoms with van der Waals surface area (Å²) >= 11 is 0. The van der Waals surface area contributed by atoms with Crippen molar-refractivity contribution in [2.24, 2.45) is 5.73 Å². The van der Waals surface area contributed by atoms with E-state index in [1.165, 1.54) is 12.1 Å². The van der Waals surface area contributed by atoms with Crippen molar-refractivity contribution in [2.75, 3.05) is 26.4 Å². The molecule has 34 heavy (non-hydrogen) atoms. The van der Waals surface area contributed by atoms with Crippen LogP contribution >= 0.6 is 0 Å². The number of nitrogens with one attached hydrogen (secondary N) is 1. The van der Waals surface area contributed by atoms with Crippen molar-refractivity contribution in [1.82, 2.24) is 9.88 Å². The summed E-state index contributed by atoms with van der Waals surface area (Å²) in [6.07, 6.45) is 1.30. The van der Waals surface area contributed by atoms with E-state index in [4.69, 9.17) is 15.2 Å². The number of hydrogen-bond donors (Lipinski definition) is 3. The van der Waals surface area contributed by atoms with Crippen LogP contribution < -0.4 is 20.5 Å². The van der Waals surface area contributed by atoms with E-state index in [0.29, 0.717) is 56.2 Å². The molecule has 1 unspecified atom stereocenters. The molecule has 7 nitrogen and oxygen atoms in total. The minimum Gasteiger partial charge on any atom is -0.490 e. The van der Waals surface area contributed by atoms with Gasteiger partial charge in [0.1, 0.15) is 12.4 Å². The first-order chi connectivity index (χ1) is 16.3. The number of carbonyl (C=O) groups excluding carboxylic acids is 1. The number of halogens is 1. The van der Waals surface area contributed by atoms with Gasteiger partial charge in [-0.05, 0) is 69.5 Å². The summed E-state index contributed by atoms with van der Waals surface area (Å²) in [4.78, 5) is 12.2. The molecule has 0 aliphatic carbocycles. The van der Waals surface area contributed by atoms with Gasteiger partial charge >= 0.3 is 0 Å². The predicted octanol–water partition coefficient (Wildman–Crippen LogP) is 3.57. The van der Waals surface area contributed by atoms with Crippen molar-refractivity contribution in [2.45, 2.75) is 46.2 Å². The summed E-state index contributed by atoms with van der Waals surface area (Å²) in [6, 6.07) is 10.3. The number of amides is 1. The van der Waals surface area contributed by atoms with Gasteiger partial charge in [-0.1, -0.05) is 0 Å². The van der Waals surface area contributed by atoms with Crippen LogP contribution in [0.4, 0.5) is 4.39 Å². The molecule has 1 aromatic heterocycles. The largest absolute Gasteiger partial charge is 0.490 e. The van der Waals surface area contributed by atoms with E-state index in [9.17, 15) is 14.3 Å². The third kappa shape index (κ3) is 6.27. The normalized spacial score (nSPS) is 12.1. The number of aromatic nitrogens is 1. The maximum atomic E-state index is 13.6. The van der Waals surface area contributed by atoms with Gasteiger partial charge in [-0.25, -0.2) is 4.39 Å². The van der Waals surface area contributed by atoms with E-state index in [2.05, 4.69) is 18.3 Å². The zero-order valence-electron chi connectivity index (χ0n) is 20.1. The Morgan fingerprint density at radius 1 is 1.21 bits per heavy atom. The quantitative estimate of drug-likeness (QED) is 0.331. The highest BCUT2D eigenvalue weighted by atomic mass is 19.1. The second-order valence-electron chi connectivity index (χ2n) is 8.39. The van der Waals surface area contributed by atoms with E-state index >= 15 is 0 Å². The smallest absolute Gasteiger partial charge is 0.250 e. The minimum atomic E-state index is -0.468. The lowest BCUT2D eigenvalue weighted by Gasteiger charge is -2.17. The molecule has 1 heterocycles. The van der Waals surface area contributed by atoms with E-state index in [1.54, 1.807) is 6.07 Å². The number of carbonyl (C=O) groups is 1. The average Bonchev–Trinajstić information content (AvgIpc) is 3.11. The van der Waals surface area contributed by atoms with Crippen LogP contribution in [0.2, 0.25) is 0 Å². The average molecular weight is 472 g/mol. The number of ether oxygens (including phenoxy) is 2. The summed E-state index contributed by atoms with van der Waals surface area (Å²) in [5.74, 6) is 0.0599. The van der Waals surface area contributed by atoms with E-state index in [1.807, 2.05) is 30.5 Å². The zero-order valence-corrected chi connectivity index (χ0v) is 20.1. The molecule has 8 heteroatoms. The van der Waals surface area contributed by atoms with Gasteiger partial charge < -0.3 is 30.2 Å².